The van der Waals surface area contributed by atoms with Crippen LogP contribution in [-0.2, 0) is 0 Å². The maximum atomic E-state index is 6.69. The lowest BCUT2D eigenvalue weighted by molar-refractivity contribution is 0.671. The third kappa shape index (κ3) is 4.07. The molecule has 0 atom stereocenters. The first-order chi connectivity index (χ1) is 25.3. The zero-order chi connectivity index (χ0) is 33.5. The average molecular weight is 654 g/mol. The summed E-state index contributed by atoms with van der Waals surface area (Å²) in [5.41, 5.74) is 8.89. The van der Waals surface area contributed by atoms with E-state index in [1.807, 2.05) is 72.8 Å². The number of benzene rings is 7. The highest BCUT2D eigenvalue weighted by Crippen LogP contribution is 2.45. The van der Waals surface area contributed by atoms with Crippen LogP contribution in [0.5, 0.6) is 0 Å². The Bertz CT molecular complexity index is 3060. The highest BCUT2D eigenvalue weighted by atomic mass is 16.3. The smallest absolute Gasteiger partial charge is 0.238 e. The van der Waals surface area contributed by atoms with Crippen LogP contribution in [0.15, 0.2) is 168 Å². The molecular formula is C45H27N5O. The molecule has 0 bridgehead atoms. The minimum atomic E-state index is 0.569. The number of fused-ring (bicyclic) bond motifs is 11. The molecule has 238 valence electrons. The maximum absolute atomic E-state index is 6.69. The third-order valence-corrected chi connectivity index (χ3v) is 9.97. The molecule has 0 aliphatic rings. The molecule has 0 amide bonds. The zero-order valence-electron chi connectivity index (χ0n) is 27.2. The van der Waals surface area contributed by atoms with Crippen LogP contribution >= 0.6 is 0 Å². The largest absolute Gasteiger partial charge is 0.454 e. The predicted octanol–water partition coefficient (Wildman–Crippen LogP) is 11.3. The van der Waals surface area contributed by atoms with Crippen LogP contribution in [0.1, 0.15) is 0 Å². The van der Waals surface area contributed by atoms with Gasteiger partial charge in [0.2, 0.25) is 5.95 Å². The van der Waals surface area contributed by atoms with Gasteiger partial charge in [-0.1, -0.05) is 121 Å². The van der Waals surface area contributed by atoms with E-state index in [0.717, 1.165) is 82.4 Å². The number of aromatic nitrogens is 5. The molecule has 0 fully saturated rings. The van der Waals surface area contributed by atoms with Crippen molar-refractivity contribution in [2.45, 2.75) is 0 Å². The summed E-state index contributed by atoms with van der Waals surface area (Å²) in [6.07, 6.45) is 0. The first-order valence-corrected chi connectivity index (χ1v) is 17.0. The molecule has 0 unspecified atom stereocenters. The van der Waals surface area contributed by atoms with Gasteiger partial charge in [-0.15, -0.1) is 0 Å². The van der Waals surface area contributed by atoms with Crippen LogP contribution in [0.3, 0.4) is 0 Å². The molecule has 0 N–H and O–H groups in total. The van der Waals surface area contributed by atoms with Gasteiger partial charge in [0.05, 0.1) is 22.1 Å². The highest BCUT2D eigenvalue weighted by molar-refractivity contribution is 6.31. The quantitative estimate of drug-likeness (QED) is 0.190. The Labute approximate surface area is 291 Å². The summed E-state index contributed by atoms with van der Waals surface area (Å²) < 4.78 is 11.2. The molecule has 6 nitrogen and oxygen atoms in total. The van der Waals surface area contributed by atoms with Gasteiger partial charge in [0, 0.05) is 49.1 Å². The lowest BCUT2D eigenvalue weighted by Gasteiger charge is -2.11. The number of hydrogen-bond acceptors (Lipinski definition) is 4. The van der Waals surface area contributed by atoms with E-state index >= 15 is 0 Å². The maximum Gasteiger partial charge on any atom is 0.238 e. The standard InChI is InChI=1S/C45H27N5O/c1-4-14-28(15-5-1)43-46-44(29-16-6-2-7-17-29)48-45(47-43)50-35-22-12-10-21-33(35)39-37(50)27-26-36-40(39)34-25-24-32-31-20-11-13-23-38(31)51-42(32)41(34)49(36)30-18-8-3-9-19-30/h1-27H. The first kappa shape index (κ1) is 27.9. The molecule has 0 saturated carbocycles. The number of rotatable bonds is 4. The monoisotopic (exact) mass is 653 g/mol. The SMILES string of the molecule is c1ccc(-c2nc(-c3ccccc3)nc(-n3c4ccccc4c4c5c6ccc7c8ccccc8oc7c6n(-c6ccccc6)c5ccc43)n2)cc1. The van der Waals surface area contributed by atoms with Crippen molar-refractivity contribution in [3.05, 3.63) is 164 Å². The van der Waals surface area contributed by atoms with Crippen molar-refractivity contribution >= 4 is 65.6 Å². The summed E-state index contributed by atoms with van der Waals surface area (Å²) in [7, 11) is 0. The van der Waals surface area contributed by atoms with Crippen LogP contribution < -0.4 is 0 Å². The van der Waals surface area contributed by atoms with Gasteiger partial charge in [0.15, 0.2) is 17.2 Å². The molecule has 0 spiro atoms. The molecule has 0 aliphatic carbocycles. The van der Waals surface area contributed by atoms with Crippen molar-refractivity contribution in [3.63, 3.8) is 0 Å². The number of para-hydroxylation sites is 3. The number of hydrogen-bond donors (Lipinski definition) is 0. The van der Waals surface area contributed by atoms with Crippen molar-refractivity contribution in [2.24, 2.45) is 0 Å². The normalized spacial score (nSPS) is 11.9. The van der Waals surface area contributed by atoms with Crippen LogP contribution in [0.2, 0.25) is 0 Å². The van der Waals surface area contributed by atoms with Gasteiger partial charge in [-0.3, -0.25) is 4.57 Å². The van der Waals surface area contributed by atoms with Gasteiger partial charge in [0.1, 0.15) is 5.58 Å². The molecule has 4 heterocycles. The van der Waals surface area contributed by atoms with Crippen molar-refractivity contribution < 1.29 is 4.42 Å². The molecule has 51 heavy (non-hydrogen) atoms. The second kappa shape index (κ2) is 10.7. The highest BCUT2D eigenvalue weighted by Gasteiger charge is 2.24. The fourth-order valence-corrected chi connectivity index (χ4v) is 7.79. The fourth-order valence-electron chi connectivity index (χ4n) is 7.79. The lowest BCUT2D eigenvalue weighted by atomic mass is 10.0. The van der Waals surface area contributed by atoms with Crippen LogP contribution in [0.4, 0.5) is 0 Å². The van der Waals surface area contributed by atoms with Crippen molar-refractivity contribution in [1.82, 2.24) is 24.1 Å². The van der Waals surface area contributed by atoms with Gasteiger partial charge >= 0.3 is 0 Å². The lowest BCUT2D eigenvalue weighted by Crippen LogP contribution is -2.06. The minimum absolute atomic E-state index is 0.569. The van der Waals surface area contributed by atoms with Crippen molar-refractivity contribution in [1.29, 1.82) is 0 Å². The van der Waals surface area contributed by atoms with Crippen LogP contribution in [-0.4, -0.2) is 24.1 Å². The second-order valence-corrected chi connectivity index (χ2v) is 12.8. The molecule has 11 rings (SSSR count). The summed E-state index contributed by atoms with van der Waals surface area (Å²) in [5, 5.41) is 6.76. The summed E-state index contributed by atoms with van der Waals surface area (Å²) >= 11 is 0. The third-order valence-electron chi connectivity index (χ3n) is 9.97. The molecule has 0 aliphatic heterocycles. The summed E-state index contributed by atoms with van der Waals surface area (Å²) in [6, 6.07) is 56.5. The molecule has 0 saturated heterocycles. The molecule has 11 aromatic rings. The Balaban J connectivity index is 1.29. The van der Waals surface area contributed by atoms with E-state index in [4.69, 9.17) is 19.4 Å². The van der Waals surface area contributed by atoms with Gasteiger partial charge in [-0.05, 0) is 42.5 Å². The average Bonchev–Trinajstić information content (AvgIpc) is 3.86. The summed E-state index contributed by atoms with van der Waals surface area (Å²) in [6.45, 7) is 0. The predicted molar refractivity (Wildman–Crippen MR) is 207 cm³/mol. The van der Waals surface area contributed by atoms with Crippen LogP contribution in [0, 0.1) is 0 Å². The zero-order valence-corrected chi connectivity index (χ0v) is 27.2. The molecule has 7 aromatic carbocycles. The van der Waals surface area contributed by atoms with Gasteiger partial charge in [0.25, 0.3) is 0 Å². The summed E-state index contributed by atoms with van der Waals surface area (Å²) in [5.74, 6) is 1.82. The van der Waals surface area contributed by atoms with E-state index in [1.165, 1.54) is 0 Å². The molecular weight excluding hydrogens is 627 g/mol. The Morgan fingerprint density at radius 3 is 1.65 bits per heavy atom. The number of nitrogens with zero attached hydrogens (tertiary/aromatic N) is 5. The summed E-state index contributed by atoms with van der Waals surface area (Å²) in [4.78, 5) is 15.3. The number of furan rings is 1. The van der Waals surface area contributed by atoms with E-state index in [0.29, 0.717) is 17.6 Å². The molecule has 0 radical (unpaired) electrons. The first-order valence-electron chi connectivity index (χ1n) is 17.0. The fraction of sp³-hybridized carbons (Fsp3) is 0. The Morgan fingerprint density at radius 1 is 0.392 bits per heavy atom. The van der Waals surface area contributed by atoms with Crippen molar-refractivity contribution in [3.8, 4) is 34.4 Å². The molecule has 6 heteroatoms. The Morgan fingerprint density at radius 2 is 0.941 bits per heavy atom. The van der Waals surface area contributed by atoms with Crippen molar-refractivity contribution in [2.75, 3.05) is 0 Å². The van der Waals surface area contributed by atoms with Gasteiger partial charge in [-0.25, -0.2) is 4.98 Å². The van der Waals surface area contributed by atoms with Gasteiger partial charge in [-0.2, -0.15) is 9.97 Å². The minimum Gasteiger partial charge on any atom is -0.454 e. The molecule has 4 aromatic heterocycles. The van der Waals surface area contributed by atoms with E-state index in [1.54, 1.807) is 0 Å². The van der Waals surface area contributed by atoms with Crippen LogP contribution in [0.25, 0.3) is 100.0 Å². The Hall–Kier alpha value is -7.05. The van der Waals surface area contributed by atoms with E-state index in [-0.39, 0.29) is 0 Å². The van der Waals surface area contributed by atoms with E-state index < -0.39 is 0 Å². The second-order valence-electron chi connectivity index (χ2n) is 12.8. The topological polar surface area (TPSA) is 61.7 Å². The van der Waals surface area contributed by atoms with E-state index in [2.05, 4.69) is 100 Å². The van der Waals surface area contributed by atoms with E-state index in [9.17, 15) is 0 Å². The van der Waals surface area contributed by atoms with Gasteiger partial charge < -0.3 is 8.98 Å². The Kier molecular flexibility index (Phi) is 5.86.